The van der Waals surface area contributed by atoms with Crippen LogP contribution in [0.2, 0.25) is 0 Å². The highest BCUT2D eigenvalue weighted by Gasteiger charge is 2.40. The van der Waals surface area contributed by atoms with Crippen LogP contribution in [0.5, 0.6) is 0 Å². The maximum absolute atomic E-state index is 13.4. The Morgan fingerprint density at radius 2 is 1.47 bits per heavy atom. The third kappa shape index (κ3) is 5.11. The van der Waals surface area contributed by atoms with Gasteiger partial charge >= 0.3 is 11.8 Å². The van der Waals surface area contributed by atoms with Crippen LogP contribution < -0.4 is 5.69 Å². The number of amides is 1. The molecule has 3 aromatic carbocycles. The van der Waals surface area contributed by atoms with Crippen molar-refractivity contribution in [3.05, 3.63) is 107 Å². The summed E-state index contributed by atoms with van der Waals surface area (Å²) in [5.74, 6) is 0. The highest BCUT2D eigenvalue weighted by Crippen LogP contribution is 2.34. The number of fused-ring (bicyclic) bond motifs is 1. The molecule has 0 bridgehead atoms. The van der Waals surface area contributed by atoms with Crippen molar-refractivity contribution in [3.63, 3.8) is 0 Å². The monoisotopic (exact) mass is 512 g/mol. The fourth-order valence-corrected chi connectivity index (χ4v) is 6.19. The van der Waals surface area contributed by atoms with Gasteiger partial charge in [-0.2, -0.15) is 0 Å². The minimum Gasteiger partial charge on any atom is -0.465 e. The van der Waals surface area contributed by atoms with Gasteiger partial charge in [0.25, 0.3) is 0 Å². The average Bonchev–Trinajstić information content (AvgIpc) is 3.19. The van der Waals surface area contributed by atoms with Crippen molar-refractivity contribution < 1.29 is 9.90 Å². The van der Waals surface area contributed by atoms with E-state index >= 15 is 0 Å². The van der Waals surface area contributed by atoms with Crippen molar-refractivity contribution in [2.75, 3.05) is 6.54 Å². The molecule has 1 fully saturated rings. The minimum absolute atomic E-state index is 0.0139. The molecule has 1 aromatic heterocycles. The molecule has 7 heteroatoms. The SMILES string of the molecule is CCC(C1CC(n2c(=O)n(C)c3ccccc32)CCN1C(=O)O)N(Cc1ccccc1)Cc1ccccc1. The van der Waals surface area contributed by atoms with E-state index in [-0.39, 0.29) is 23.8 Å². The number of para-hydroxylation sites is 2. The van der Waals surface area contributed by atoms with Crippen LogP contribution in [0.15, 0.2) is 89.7 Å². The van der Waals surface area contributed by atoms with Crippen LogP contribution in [0.4, 0.5) is 4.79 Å². The predicted molar refractivity (Wildman–Crippen MR) is 150 cm³/mol. The van der Waals surface area contributed by atoms with Crippen molar-refractivity contribution in [2.45, 2.75) is 57.4 Å². The van der Waals surface area contributed by atoms with Crippen LogP contribution in [0.1, 0.15) is 43.4 Å². The lowest BCUT2D eigenvalue weighted by Crippen LogP contribution is -2.56. The second-order valence-electron chi connectivity index (χ2n) is 10.3. The van der Waals surface area contributed by atoms with Gasteiger partial charge in [-0.25, -0.2) is 9.59 Å². The number of imidazole rings is 1. The molecular weight excluding hydrogens is 476 g/mol. The van der Waals surface area contributed by atoms with Gasteiger partial charge in [0.15, 0.2) is 0 Å². The first-order valence-electron chi connectivity index (χ1n) is 13.4. The molecule has 0 saturated carbocycles. The van der Waals surface area contributed by atoms with Gasteiger partial charge in [-0.3, -0.25) is 14.0 Å². The fraction of sp³-hybridized carbons (Fsp3) is 0.355. The maximum Gasteiger partial charge on any atom is 0.407 e. The van der Waals surface area contributed by atoms with Gasteiger partial charge in [-0.05, 0) is 42.5 Å². The molecule has 38 heavy (non-hydrogen) atoms. The number of benzene rings is 3. The number of carbonyl (C=O) groups is 1. The summed E-state index contributed by atoms with van der Waals surface area (Å²) in [5, 5.41) is 10.2. The molecule has 2 heterocycles. The van der Waals surface area contributed by atoms with E-state index in [2.05, 4.69) is 36.1 Å². The number of hydrogen-bond acceptors (Lipinski definition) is 3. The van der Waals surface area contributed by atoms with Gasteiger partial charge in [0.05, 0.1) is 17.1 Å². The molecule has 1 aliphatic heterocycles. The second-order valence-corrected chi connectivity index (χ2v) is 10.3. The third-order valence-corrected chi connectivity index (χ3v) is 8.01. The fourth-order valence-electron chi connectivity index (χ4n) is 6.19. The van der Waals surface area contributed by atoms with E-state index in [1.54, 1.807) is 16.5 Å². The summed E-state index contributed by atoms with van der Waals surface area (Å²) in [6, 6.07) is 28.2. The van der Waals surface area contributed by atoms with E-state index in [1.165, 1.54) is 11.1 Å². The Labute approximate surface area is 223 Å². The predicted octanol–water partition coefficient (Wildman–Crippen LogP) is 5.50. The zero-order valence-electron chi connectivity index (χ0n) is 22.1. The van der Waals surface area contributed by atoms with E-state index < -0.39 is 6.09 Å². The molecule has 1 aliphatic rings. The van der Waals surface area contributed by atoms with Crippen molar-refractivity contribution in [1.29, 1.82) is 0 Å². The molecule has 0 spiro atoms. The number of hydrogen-bond donors (Lipinski definition) is 1. The summed E-state index contributed by atoms with van der Waals surface area (Å²) in [4.78, 5) is 29.9. The summed E-state index contributed by atoms with van der Waals surface area (Å²) in [5.41, 5.74) is 4.16. The molecule has 3 unspecified atom stereocenters. The molecule has 1 amide bonds. The highest BCUT2D eigenvalue weighted by atomic mass is 16.4. The number of carboxylic acid groups (broad SMARTS) is 1. The first kappa shape index (κ1) is 25.8. The lowest BCUT2D eigenvalue weighted by Gasteiger charge is -2.46. The lowest BCUT2D eigenvalue weighted by atomic mass is 9.89. The summed E-state index contributed by atoms with van der Waals surface area (Å²) in [6.45, 7) is 3.98. The molecule has 4 aromatic rings. The van der Waals surface area contributed by atoms with Crippen LogP contribution in [-0.4, -0.2) is 48.8 Å². The average molecular weight is 513 g/mol. The molecule has 5 rings (SSSR count). The topological polar surface area (TPSA) is 70.7 Å². The summed E-state index contributed by atoms with van der Waals surface area (Å²) in [6.07, 6.45) is 1.12. The molecule has 3 atom stereocenters. The minimum atomic E-state index is -0.892. The van der Waals surface area contributed by atoms with Crippen molar-refractivity contribution in [3.8, 4) is 0 Å². The molecular formula is C31H36N4O3. The molecule has 7 nitrogen and oxygen atoms in total. The zero-order chi connectivity index (χ0) is 26.6. The molecule has 1 N–H and O–H groups in total. The smallest absolute Gasteiger partial charge is 0.407 e. The Morgan fingerprint density at radius 3 is 2.03 bits per heavy atom. The van der Waals surface area contributed by atoms with Gasteiger partial charge in [0, 0.05) is 38.8 Å². The third-order valence-electron chi connectivity index (χ3n) is 8.01. The molecule has 1 saturated heterocycles. The van der Waals surface area contributed by atoms with Crippen molar-refractivity contribution in [1.82, 2.24) is 18.9 Å². The van der Waals surface area contributed by atoms with Crippen LogP contribution in [0, 0.1) is 0 Å². The molecule has 0 aliphatic carbocycles. The lowest BCUT2D eigenvalue weighted by molar-refractivity contribution is 0.0292. The standard InChI is InChI=1S/C31H36N4O3/c1-3-26(33(21-23-12-6-4-7-13-23)22-24-14-8-5-9-15-24)29-20-25(18-19-34(29)31(37)38)35-28-17-11-10-16-27(28)32(2)30(35)36/h4-17,25-26,29H,3,18-22H2,1-2H3,(H,37,38). The number of likely N-dealkylation sites (tertiary alicyclic amines) is 1. The number of aromatic nitrogens is 2. The van der Waals surface area contributed by atoms with Crippen molar-refractivity contribution in [2.24, 2.45) is 7.05 Å². The van der Waals surface area contributed by atoms with E-state index in [9.17, 15) is 14.7 Å². The van der Waals surface area contributed by atoms with Crippen LogP contribution in [0.3, 0.4) is 0 Å². The van der Waals surface area contributed by atoms with Gasteiger partial charge < -0.3 is 10.0 Å². The van der Waals surface area contributed by atoms with Gasteiger partial charge in [-0.1, -0.05) is 79.7 Å². The Bertz CT molecular complexity index is 1390. The van der Waals surface area contributed by atoms with Crippen LogP contribution in [0.25, 0.3) is 11.0 Å². The quantitative estimate of drug-likeness (QED) is 0.338. The Morgan fingerprint density at radius 1 is 0.921 bits per heavy atom. The maximum atomic E-state index is 13.4. The highest BCUT2D eigenvalue weighted by molar-refractivity contribution is 5.76. The van der Waals surface area contributed by atoms with Gasteiger partial charge in [-0.15, -0.1) is 0 Å². The number of rotatable bonds is 8. The van der Waals surface area contributed by atoms with E-state index in [1.807, 2.05) is 65.2 Å². The normalized spacial score (nSPS) is 18.7. The second kappa shape index (κ2) is 11.3. The summed E-state index contributed by atoms with van der Waals surface area (Å²) < 4.78 is 3.59. The zero-order valence-corrected chi connectivity index (χ0v) is 22.1. The van der Waals surface area contributed by atoms with Crippen molar-refractivity contribution >= 4 is 17.1 Å². The van der Waals surface area contributed by atoms with Gasteiger partial charge in [0.2, 0.25) is 0 Å². The van der Waals surface area contributed by atoms with Crippen LogP contribution >= 0.6 is 0 Å². The largest absolute Gasteiger partial charge is 0.465 e. The summed E-state index contributed by atoms with van der Waals surface area (Å²) >= 11 is 0. The molecule has 0 radical (unpaired) electrons. The Hall–Kier alpha value is -3.84. The summed E-state index contributed by atoms with van der Waals surface area (Å²) in [7, 11) is 1.81. The van der Waals surface area contributed by atoms with E-state index in [0.717, 1.165) is 30.5 Å². The Balaban J connectivity index is 1.52. The number of piperidine rings is 1. The van der Waals surface area contributed by atoms with E-state index in [4.69, 9.17) is 0 Å². The molecule has 198 valence electrons. The first-order chi connectivity index (χ1) is 18.5. The van der Waals surface area contributed by atoms with Crippen LogP contribution in [-0.2, 0) is 20.1 Å². The van der Waals surface area contributed by atoms with Gasteiger partial charge in [0.1, 0.15) is 0 Å². The Kier molecular flexibility index (Phi) is 7.65. The number of aryl methyl sites for hydroxylation is 1. The first-order valence-corrected chi connectivity index (χ1v) is 13.4. The number of nitrogens with zero attached hydrogens (tertiary/aromatic N) is 4. The van der Waals surface area contributed by atoms with E-state index in [0.29, 0.717) is 19.4 Å².